The average Bonchev–Trinajstić information content (AvgIpc) is 2.78. The summed E-state index contributed by atoms with van der Waals surface area (Å²) in [7, 11) is 0. The van der Waals surface area contributed by atoms with Gasteiger partial charge in [-0.25, -0.2) is 4.98 Å². The molecular formula is C24H20N4O3. The lowest BCUT2D eigenvalue weighted by Crippen LogP contribution is -2.24. The first kappa shape index (κ1) is 20.0. The number of rotatable bonds is 6. The van der Waals surface area contributed by atoms with Gasteiger partial charge in [-0.2, -0.15) is 0 Å². The Labute approximate surface area is 178 Å². The lowest BCUT2D eigenvalue weighted by molar-refractivity contribution is -0.384. The molecule has 0 aliphatic heterocycles. The maximum absolute atomic E-state index is 13.2. The normalized spacial score (nSPS) is 10.6. The van der Waals surface area contributed by atoms with Crippen LogP contribution in [-0.4, -0.2) is 15.8 Å². The second kappa shape index (κ2) is 8.62. The van der Waals surface area contributed by atoms with Crippen LogP contribution in [0, 0.1) is 17.0 Å². The molecule has 1 heterocycles. The van der Waals surface area contributed by atoms with Crippen LogP contribution in [0.15, 0.2) is 78.9 Å². The Balaban J connectivity index is 1.83. The molecule has 0 atom stereocenters. The topological polar surface area (TPSA) is 97.2 Å². The van der Waals surface area contributed by atoms with E-state index in [9.17, 15) is 14.9 Å². The van der Waals surface area contributed by atoms with Crippen LogP contribution in [0.2, 0.25) is 0 Å². The molecule has 7 nitrogen and oxygen atoms in total. The Morgan fingerprint density at radius 3 is 2.35 bits per heavy atom. The lowest BCUT2D eigenvalue weighted by Gasteiger charge is -2.13. The number of pyridine rings is 1. The molecule has 7 heteroatoms. The summed E-state index contributed by atoms with van der Waals surface area (Å²) in [5.74, 6) is -0.498. The van der Waals surface area contributed by atoms with Crippen LogP contribution in [0.1, 0.15) is 21.5 Å². The molecule has 4 aromatic rings. The number of carbonyl (C=O) groups is 1. The highest BCUT2D eigenvalue weighted by Gasteiger charge is 2.29. The van der Waals surface area contributed by atoms with Crippen molar-refractivity contribution in [3.05, 3.63) is 106 Å². The third-order valence-electron chi connectivity index (χ3n) is 4.86. The Bertz CT molecular complexity index is 1260. The Morgan fingerprint density at radius 2 is 1.68 bits per heavy atom. The van der Waals surface area contributed by atoms with E-state index in [0.29, 0.717) is 16.6 Å². The summed E-state index contributed by atoms with van der Waals surface area (Å²) in [6.45, 7) is 2.13. The predicted molar refractivity (Wildman–Crippen MR) is 120 cm³/mol. The molecule has 1 aromatic heterocycles. The van der Waals surface area contributed by atoms with Crippen molar-refractivity contribution >= 4 is 34.0 Å². The van der Waals surface area contributed by atoms with Gasteiger partial charge in [-0.05, 0) is 36.8 Å². The van der Waals surface area contributed by atoms with Gasteiger partial charge in [0.1, 0.15) is 5.56 Å². The summed E-state index contributed by atoms with van der Waals surface area (Å²) in [6.07, 6.45) is 0. The van der Waals surface area contributed by atoms with Gasteiger partial charge in [0, 0.05) is 17.6 Å². The highest BCUT2D eigenvalue weighted by atomic mass is 16.6. The SMILES string of the molecule is Cc1ccc2nc(Nc3ccccc3)c([N+](=O)[O-])c(C(=O)NCc3ccccc3)c2c1. The number of anilines is 2. The molecule has 3 aromatic carbocycles. The van der Waals surface area contributed by atoms with Crippen molar-refractivity contribution in [2.75, 3.05) is 5.32 Å². The highest BCUT2D eigenvalue weighted by molar-refractivity contribution is 6.11. The van der Waals surface area contributed by atoms with Crippen molar-refractivity contribution in [3.63, 3.8) is 0 Å². The first-order valence-electron chi connectivity index (χ1n) is 9.76. The van der Waals surface area contributed by atoms with Crippen molar-refractivity contribution in [2.45, 2.75) is 13.5 Å². The summed E-state index contributed by atoms with van der Waals surface area (Å²) < 4.78 is 0. The van der Waals surface area contributed by atoms with Crippen molar-refractivity contribution in [2.24, 2.45) is 0 Å². The van der Waals surface area contributed by atoms with Crippen LogP contribution in [-0.2, 0) is 6.54 Å². The lowest BCUT2D eigenvalue weighted by atomic mass is 10.0. The third-order valence-corrected chi connectivity index (χ3v) is 4.86. The number of amides is 1. The fourth-order valence-corrected chi connectivity index (χ4v) is 3.39. The summed E-state index contributed by atoms with van der Waals surface area (Å²) in [6, 6.07) is 23.8. The van der Waals surface area contributed by atoms with E-state index in [2.05, 4.69) is 15.6 Å². The molecule has 0 aliphatic carbocycles. The van der Waals surface area contributed by atoms with E-state index < -0.39 is 10.8 Å². The second-order valence-corrected chi connectivity index (χ2v) is 7.12. The van der Waals surface area contributed by atoms with Gasteiger partial charge in [0.25, 0.3) is 5.91 Å². The number of nitrogens with one attached hydrogen (secondary N) is 2. The van der Waals surface area contributed by atoms with Gasteiger partial charge in [0.15, 0.2) is 0 Å². The molecule has 4 rings (SSSR count). The molecule has 0 fully saturated rings. The maximum Gasteiger partial charge on any atom is 0.325 e. The Kier molecular flexibility index (Phi) is 5.57. The summed E-state index contributed by atoms with van der Waals surface area (Å²) >= 11 is 0. The minimum atomic E-state index is -0.558. The van der Waals surface area contributed by atoms with Crippen molar-refractivity contribution < 1.29 is 9.72 Å². The van der Waals surface area contributed by atoms with Crippen LogP contribution >= 0.6 is 0 Å². The smallest absolute Gasteiger partial charge is 0.325 e. The zero-order chi connectivity index (χ0) is 21.8. The van der Waals surface area contributed by atoms with E-state index in [4.69, 9.17) is 0 Å². The monoisotopic (exact) mass is 412 g/mol. The molecule has 0 saturated carbocycles. The van der Waals surface area contributed by atoms with Gasteiger partial charge >= 0.3 is 5.69 Å². The average molecular weight is 412 g/mol. The number of para-hydroxylation sites is 1. The number of hydrogen-bond acceptors (Lipinski definition) is 5. The largest absolute Gasteiger partial charge is 0.348 e. The van der Waals surface area contributed by atoms with Crippen LogP contribution in [0.25, 0.3) is 10.9 Å². The minimum absolute atomic E-state index is 0.00642. The van der Waals surface area contributed by atoms with Gasteiger partial charge in [0.2, 0.25) is 5.82 Å². The van der Waals surface area contributed by atoms with Gasteiger partial charge in [-0.3, -0.25) is 14.9 Å². The molecular weight excluding hydrogens is 392 g/mol. The summed E-state index contributed by atoms with van der Waals surface area (Å²) in [5.41, 5.74) is 2.56. The van der Waals surface area contributed by atoms with Crippen LogP contribution in [0.3, 0.4) is 0 Å². The predicted octanol–water partition coefficient (Wildman–Crippen LogP) is 5.13. The molecule has 0 spiro atoms. The van der Waals surface area contributed by atoms with Crippen LogP contribution < -0.4 is 10.6 Å². The first-order valence-corrected chi connectivity index (χ1v) is 9.76. The zero-order valence-electron chi connectivity index (χ0n) is 16.8. The number of carbonyl (C=O) groups excluding carboxylic acids is 1. The van der Waals surface area contributed by atoms with Crippen LogP contribution in [0.5, 0.6) is 0 Å². The molecule has 0 aliphatic rings. The molecule has 154 valence electrons. The van der Waals surface area contributed by atoms with E-state index in [1.165, 1.54) is 0 Å². The molecule has 31 heavy (non-hydrogen) atoms. The number of benzene rings is 3. The van der Waals surface area contributed by atoms with Gasteiger partial charge in [0.05, 0.1) is 10.4 Å². The molecule has 2 N–H and O–H groups in total. The van der Waals surface area contributed by atoms with Crippen molar-refractivity contribution in [1.29, 1.82) is 0 Å². The highest BCUT2D eigenvalue weighted by Crippen LogP contribution is 2.35. The standard InChI is InChI=1S/C24H20N4O3/c1-16-12-13-20-19(14-16)21(24(29)25-15-17-8-4-2-5-9-17)22(28(30)31)23(27-20)26-18-10-6-3-7-11-18/h2-14H,15H2,1H3,(H,25,29)(H,26,27). The molecule has 0 bridgehead atoms. The third kappa shape index (κ3) is 4.35. The van der Waals surface area contributed by atoms with Gasteiger partial charge < -0.3 is 10.6 Å². The summed E-state index contributed by atoms with van der Waals surface area (Å²) in [4.78, 5) is 29.2. The fraction of sp³-hybridized carbons (Fsp3) is 0.0833. The number of nitro groups is 1. The first-order chi connectivity index (χ1) is 15.0. The van der Waals surface area contributed by atoms with E-state index in [-0.39, 0.29) is 23.6 Å². The Morgan fingerprint density at radius 1 is 1.00 bits per heavy atom. The molecule has 1 amide bonds. The Hall–Kier alpha value is -4.26. The maximum atomic E-state index is 13.2. The van der Waals surface area contributed by atoms with Crippen molar-refractivity contribution in [1.82, 2.24) is 10.3 Å². The fourth-order valence-electron chi connectivity index (χ4n) is 3.39. The number of aryl methyl sites for hydroxylation is 1. The molecule has 0 saturated heterocycles. The number of nitrogens with zero attached hydrogens (tertiary/aromatic N) is 2. The number of hydrogen-bond donors (Lipinski definition) is 2. The molecule has 0 radical (unpaired) electrons. The van der Waals surface area contributed by atoms with E-state index >= 15 is 0 Å². The van der Waals surface area contributed by atoms with E-state index in [0.717, 1.165) is 11.1 Å². The van der Waals surface area contributed by atoms with Gasteiger partial charge in [-0.1, -0.05) is 60.2 Å². The second-order valence-electron chi connectivity index (χ2n) is 7.12. The van der Waals surface area contributed by atoms with Crippen molar-refractivity contribution in [3.8, 4) is 0 Å². The molecule has 0 unspecified atom stereocenters. The number of fused-ring (bicyclic) bond motifs is 1. The van der Waals surface area contributed by atoms with E-state index in [1.54, 1.807) is 24.3 Å². The van der Waals surface area contributed by atoms with Crippen LogP contribution in [0.4, 0.5) is 17.2 Å². The minimum Gasteiger partial charge on any atom is -0.348 e. The zero-order valence-corrected chi connectivity index (χ0v) is 16.8. The van der Waals surface area contributed by atoms with Gasteiger partial charge in [-0.15, -0.1) is 0 Å². The van der Waals surface area contributed by atoms with E-state index in [1.807, 2.05) is 61.5 Å². The summed E-state index contributed by atoms with van der Waals surface area (Å²) in [5, 5.41) is 18.3. The quantitative estimate of drug-likeness (QED) is 0.338. The number of aromatic nitrogens is 1.